The molecule has 0 bridgehead atoms. The highest BCUT2D eigenvalue weighted by Crippen LogP contribution is 2.38. The summed E-state index contributed by atoms with van der Waals surface area (Å²) in [6, 6.07) is 73.8. The molecule has 1 aliphatic rings. The largest absolute Gasteiger partial charge is 0.309 e. The number of rotatable bonds is 9. The molecule has 8 aromatic carbocycles. The zero-order valence-corrected chi connectivity index (χ0v) is 36.5. The molecule has 1 aliphatic carbocycles. The quantitative estimate of drug-likeness (QED) is 0.145. The van der Waals surface area contributed by atoms with Crippen molar-refractivity contribution >= 4 is 27.4 Å². The Bertz CT molecular complexity index is 3410. The van der Waals surface area contributed by atoms with Gasteiger partial charge in [0.2, 0.25) is 0 Å². The number of allylic oxidation sites excluding steroid dienone is 4. The van der Waals surface area contributed by atoms with E-state index in [-0.39, 0.29) is 0 Å². The maximum atomic E-state index is 5.29. The van der Waals surface area contributed by atoms with Crippen molar-refractivity contribution in [3.05, 3.63) is 236 Å². The minimum Gasteiger partial charge on any atom is -0.309 e. The van der Waals surface area contributed by atoms with E-state index in [2.05, 4.69) is 138 Å². The van der Waals surface area contributed by atoms with Crippen molar-refractivity contribution in [1.29, 1.82) is 0 Å². The molecular weight excluding hydrogens is 817 g/mol. The van der Waals surface area contributed by atoms with Gasteiger partial charge in [-0.15, -0.1) is 0 Å². The van der Waals surface area contributed by atoms with E-state index in [1.165, 1.54) is 21.9 Å². The fourth-order valence-corrected chi connectivity index (χ4v) is 9.16. The Morgan fingerprint density at radius 3 is 1.48 bits per heavy atom. The average molecular weight is 859 g/mol. The molecule has 11 aromatic rings. The Balaban J connectivity index is 1.07. The van der Waals surface area contributed by atoms with Gasteiger partial charge in [0.1, 0.15) is 0 Å². The van der Waals surface area contributed by atoms with Crippen LogP contribution in [0.15, 0.2) is 231 Å². The Labute approximate surface area is 389 Å². The van der Waals surface area contributed by atoms with Gasteiger partial charge >= 0.3 is 0 Å². The summed E-state index contributed by atoms with van der Waals surface area (Å²) in [5.41, 5.74) is 15.1. The lowest BCUT2D eigenvalue weighted by atomic mass is 9.96. The Morgan fingerprint density at radius 1 is 0.313 bits per heavy atom. The van der Waals surface area contributed by atoms with E-state index in [0.29, 0.717) is 23.3 Å². The second-order valence-corrected chi connectivity index (χ2v) is 16.8. The van der Waals surface area contributed by atoms with E-state index in [1.807, 2.05) is 97.1 Å². The summed E-state index contributed by atoms with van der Waals surface area (Å²) in [5.74, 6) is 2.41. The Hall–Kier alpha value is -8.87. The predicted molar refractivity (Wildman–Crippen MR) is 274 cm³/mol. The van der Waals surface area contributed by atoms with Gasteiger partial charge in [-0.2, -0.15) is 0 Å². The van der Waals surface area contributed by atoms with Crippen molar-refractivity contribution in [3.63, 3.8) is 0 Å². The maximum absolute atomic E-state index is 5.29. The summed E-state index contributed by atoms with van der Waals surface area (Å²) in [4.78, 5) is 25.8. The lowest BCUT2D eigenvalue weighted by Crippen LogP contribution is -2.01. The van der Waals surface area contributed by atoms with Crippen LogP contribution in [0.4, 0.5) is 0 Å². The van der Waals surface area contributed by atoms with Gasteiger partial charge in [-0.3, -0.25) is 0 Å². The fourth-order valence-electron chi connectivity index (χ4n) is 9.16. The van der Waals surface area contributed by atoms with Gasteiger partial charge in [-0.25, -0.2) is 24.9 Å². The smallest absolute Gasteiger partial charge is 0.164 e. The maximum Gasteiger partial charge on any atom is 0.164 e. The molecule has 0 atom stereocenters. The molecule has 6 nitrogen and oxygen atoms in total. The van der Waals surface area contributed by atoms with Gasteiger partial charge < -0.3 is 4.57 Å². The number of aromatic nitrogens is 6. The van der Waals surface area contributed by atoms with Crippen LogP contribution in [-0.2, 0) is 0 Å². The summed E-state index contributed by atoms with van der Waals surface area (Å²) < 4.78 is 2.39. The monoisotopic (exact) mass is 858 g/mol. The number of fused-ring (bicyclic) bond motifs is 3. The van der Waals surface area contributed by atoms with Gasteiger partial charge in [0.05, 0.1) is 22.4 Å². The standard InChI is InChI=1S/C61H42N6/c1-6-19-41(20-7-1)47-33-34-57-53(39-47)52-31-16-17-32-56(52)67(57)51-30-18-29-46(38-51)48-35-49(55-40-54(42-21-8-2-9-22-42)62-58(63-55)43-23-10-3-11-24-43)37-50(36-48)61-65-59(44-25-12-4-13-26-44)64-60(66-61)45-27-14-5-15-28-45/h2-6,8-40H,1,7H2. The number of benzene rings is 8. The van der Waals surface area contributed by atoms with Gasteiger partial charge in [0.15, 0.2) is 23.3 Å². The minimum atomic E-state index is 0.564. The summed E-state index contributed by atoms with van der Waals surface area (Å²) in [5, 5.41) is 2.45. The minimum absolute atomic E-state index is 0.564. The molecule has 6 heteroatoms. The van der Waals surface area contributed by atoms with Crippen LogP contribution in [0.2, 0.25) is 0 Å². The SMILES string of the molecule is C1=CC(c2ccc3c(c2)c2ccccc2n3-c2cccc(-c3cc(-c4cc(-c5ccccc5)nc(-c5ccccc5)n4)cc(-c4nc(-c5ccccc5)nc(-c5ccccc5)n4)c3)c2)=CCC1. The first kappa shape index (κ1) is 39.7. The molecule has 12 rings (SSSR count). The highest BCUT2D eigenvalue weighted by atomic mass is 15.0. The molecule has 0 unspecified atom stereocenters. The predicted octanol–water partition coefficient (Wildman–Crippen LogP) is 15.2. The van der Waals surface area contributed by atoms with Gasteiger partial charge in [0.25, 0.3) is 0 Å². The first-order valence-electron chi connectivity index (χ1n) is 22.7. The molecule has 0 aliphatic heterocycles. The van der Waals surface area contributed by atoms with Gasteiger partial charge in [0, 0.05) is 49.8 Å². The molecule has 0 saturated heterocycles. The highest BCUT2D eigenvalue weighted by molar-refractivity contribution is 6.10. The van der Waals surface area contributed by atoms with E-state index in [0.717, 1.165) is 85.5 Å². The van der Waals surface area contributed by atoms with Crippen molar-refractivity contribution in [3.8, 4) is 84.9 Å². The van der Waals surface area contributed by atoms with Crippen molar-refractivity contribution in [2.45, 2.75) is 12.8 Å². The average Bonchev–Trinajstić information content (AvgIpc) is 3.75. The highest BCUT2D eigenvalue weighted by Gasteiger charge is 2.19. The molecule has 0 fully saturated rings. The molecule has 3 heterocycles. The summed E-state index contributed by atoms with van der Waals surface area (Å²) in [6.07, 6.45) is 9.03. The van der Waals surface area contributed by atoms with Crippen LogP contribution in [0, 0.1) is 0 Å². The van der Waals surface area contributed by atoms with Crippen LogP contribution in [0.5, 0.6) is 0 Å². The van der Waals surface area contributed by atoms with Gasteiger partial charge in [-0.05, 0) is 89.7 Å². The summed E-state index contributed by atoms with van der Waals surface area (Å²) in [7, 11) is 0. The van der Waals surface area contributed by atoms with Crippen molar-refractivity contribution in [2.24, 2.45) is 0 Å². The zero-order valence-electron chi connectivity index (χ0n) is 36.5. The second kappa shape index (κ2) is 17.3. The fraction of sp³-hybridized carbons (Fsp3) is 0.0328. The molecule has 0 amide bonds. The molecule has 0 N–H and O–H groups in total. The summed E-state index contributed by atoms with van der Waals surface area (Å²) in [6.45, 7) is 0. The third kappa shape index (κ3) is 7.81. The normalized spacial score (nSPS) is 12.4. The van der Waals surface area contributed by atoms with Crippen LogP contribution in [0.1, 0.15) is 18.4 Å². The van der Waals surface area contributed by atoms with E-state index in [1.54, 1.807) is 0 Å². The Kier molecular flexibility index (Phi) is 10.2. The third-order valence-corrected chi connectivity index (χ3v) is 12.5. The van der Waals surface area contributed by atoms with Crippen LogP contribution >= 0.6 is 0 Å². The molecular formula is C61H42N6. The molecule has 316 valence electrons. The molecule has 3 aromatic heterocycles. The van der Waals surface area contributed by atoms with Crippen molar-refractivity contribution in [2.75, 3.05) is 0 Å². The van der Waals surface area contributed by atoms with Gasteiger partial charge in [-0.1, -0.05) is 176 Å². The number of para-hydroxylation sites is 1. The van der Waals surface area contributed by atoms with E-state index < -0.39 is 0 Å². The lowest BCUT2D eigenvalue weighted by Gasteiger charge is -2.15. The third-order valence-electron chi connectivity index (χ3n) is 12.5. The molecule has 0 radical (unpaired) electrons. The molecule has 67 heavy (non-hydrogen) atoms. The number of hydrogen-bond donors (Lipinski definition) is 0. The van der Waals surface area contributed by atoms with Crippen LogP contribution in [0.3, 0.4) is 0 Å². The molecule has 0 spiro atoms. The first-order chi connectivity index (χ1) is 33.2. The molecule has 0 saturated carbocycles. The van der Waals surface area contributed by atoms with Crippen molar-refractivity contribution in [1.82, 2.24) is 29.5 Å². The topological polar surface area (TPSA) is 69.4 Å². The van der Waals surface area contributed by atoms with E-state index >= 15 is 0 Å². The second-order valence-electron chi connectivity index (χ2n) is 16.8. The summed E-state index contributed by atoms with van der Waals surface area (Å²) >= 11 is 0. The van der Waals surface area contributed by atoms with Crippen LogP contribution in [0.25, 0.3) is 112 Å². The van der Waals surface area contributed by atoms with E-state index in [4.69, 9.17) is 24.9 Å². The Morgan fingerprint density at radius 2 is 0.836 bits per heavy atom. The number of nitrogens with zero attached hydrogens (tertiary/aromatic N) is 6. The van der Waals surface area contributed by atoms with Crippen molar-refractivity contribution < 1.29 is 0 Å². The lowest BCUT2D eigenvalue weighted by molar-refractivity contribution is 1.04. The number of hydrogen-bond acceptors (Lipinski definition) is 5. The van der Waals surface area contributed by atoms with Crippen LogP contribution < -0.4 is 0 Å². The van der Waals surface area contributed by atoms with Crippen LogP contribution in [-0.4, -0.2) is 29.5 Å². The zero-order chi connectivity index (χ0) is 44.5. The first-order valence-corrected chi connectivity index (χ1v) is 22.7. The van der Waals surface area contributed by atoms with E-state index in [9.17, 15) is 0 Å².